The minimum Gasteiger partial charge on any atom is -0.474 e. The summed E-state index contributed by atoms with van der Waals surface area (Å²) < 4.78 is 5.80. The van der Waals surface area contributed by atoms with Crippen molar-refractivity contribution in [3.63, 3.8) is 0 Å². The maximum atomic E-state index is 12.5. The van der Waals surface area contributed by atoms with Gasteiger partial charge in [0.1, 0.15) is 6.10 Å². The Morgan fingerprint density at radius 2 is 1.93 bits per heavy atom. The van der Waals surface area contributed by atoms with E-state index in [4.69, 9.17) is 4.74 Å². The molecule has 27 heavy (non-hydrogen) atoms. The first-order valence-electron chi connectivity index (χ1n) is 9.12. The van der Waals surface area contributed by atoms with Gasteiger partial charge in [0.2, 0.25) is 5.88 Å². The average molecular weight is 359 g/mol. The quantitative estimate of drug-likeness (QED) is 0.619. The minimum atomic E-state index is 0.0288. The predicted octanol–water partition coefficient (Wildman–Crippen LogP) is 4.12. The molecule has 136 valence electrons. The van der Waals surface area contributed by atoms with Gasteiger partial charge in [0.15, 0.2) is 5.78 Å². The van der Waals surface area contributed by atoms with Gasteiger partial charge < -0.3 is 4.74 Å². The Morgan fingerprint density at radius 3 is 2.63 bits per heavy atom. The molecule has 0 aliphatic heterocycles. The lowest BCUT2D eigenvalue weighted by Gasteiger charge is -2.10. The normalized spacial score (nSPS) is 13.4. The second-order valence-corrected chi connectivity index (χ2v) is 6.98. The fourth-order valence-electron chi connectivity index (χ4n) is 2.94. The number of carbonyl (C=O) groups is 1. The van der Waals surface area contributed by atoms with E-state index in [-0.39, 0.29) is 12.2 Å². The number of ketones is 1. The van der Waals surface area contributed by atoms with Crippen LogP contribution in [0, 0.1) is 13.8 Å². The van der Waals surface area contributed by atoms with Gasteiger partial charge in [-0.3, -0.25) is 14.8 Å². The molecule has 1 aliphatic rings. The first kappa shape index (κ1) is 17.3. The van der Waals surface area contributed by atoms with E-state index in [0.717, 1.165) is 40.8 Å². The Bertz CT molecular complexity index is 979. The third-order valence-corrected chi connectivity index (χ3v) is 4.71. The Labute approximate surface area is 158 Å². The summed E-state index contributed by atoms with van der Waals surface area (Å²) >= 11 is 0. The van der Waals surface area contributed by atoms with Crippen molar-refractivity contribution in [1.82, 2.24) is 15.0 Å². The minimum absolute atomic E-state index is 0.0288. The van der Waals surface area contributed by atoms with Crippen LogP contribution in [-0.2, 0) is 6.42 Å². The van der Waals surface area contributed by atoms with Gasteiger partial charge in [0.25, 0.3) is 0 Å². The molecule has 0 bridgehead atoms. The summed E-state index contributed by atoms with van der Waals surface area (Å²) in [5.74, 6) is 0.686. The van der Waals surface area contributed by atoms with Crippen molar-refractivity contribution in [1.29, 1.82) is 0 Å². The SMILES string of the molecule is Cc1ccncc1C(=O)Cc1ccc(-c2cc(OC3CC3)ncc2C)cn1. The standard InChI is InChI=1S/C22H21N3O2/c1-14-7-8-23-13-20(14)21(26)9-17-4-3-16(12-24-17)19-10-22(25-11-15(19)2)27-18-5-6-18/h3-4,7-8,10-13,18H,5-6,9H2,1-2H3. The Balaban J connectivity index is 1.52. The number of ether oxygens (including phenoxy) is 1. The number of rotatable bonds is 6. The number of carbonyl (C=O) groups excluding carboxylic acids is 1. The first-order valence-corrected chi connectivity index (χ1v) is 9.12. The number of hydrogen-bond acceptors (Lipinski definition) is 5. The lowest BCUT2D eigenvalue weighted by atomic mass is 10.0. The fourth-order valence-corrected chi connectivity index (χ4v) is 2.94. The topological polar surface area (TPSA) is 65.0 Å². The van der Waals surface area contributed by atoms with Crippen LogP contribution in [0.15, 0.2) is 49.1 Å². The zero-order chi connectivity index (χ0) is 18.8. The predicted molar refractivity (Wildman–Crippen MR) is 103 cm³/mol. The summed E-state index contributed by atoms with van der Waals surface area (Å²) in [4.78, 5) is 25.4. The van der Waals surface area contributed by atoms with E-state index in [1.807, 2.05) is 50.5 Å². The van der Waals surface area contributed by atoms with Crippen LogP contribution in [0.1, 0.15) is 40.0 Å². The van der Waals surface area contributed by atoms with Crippen LogP contribution >= 0.6 is 0 Å². The molecule has 3 aromatic rings. The molecule has 1 aliphatic carbocycles. The lowest BCUT2D eigenvalue weighted by Crippen LogP contribution is -2.07. The first-order chi connectivity index (χ1) is 13.1. The van der Waals surface area contributed by atoms with E-state index in [2.05, 4.69) is 15.0 Å². The molecule has 3 aromatic heterocycles. The molecular formula is C22H21N3O2. The molecule has 5 heteroatoms. The summed E-state index contributed by atoms with van der Waals surface area (Å²) in [5, 5.41) is 0. The molecule has 1 fully saturated rings. The molecule has 0 unspecified atom stereocenters. The average Bonchev–Trinajstić information content (AvgIpc) is 3.48. The van der Waals surface area contributed by atoms with Crippen molar-refractivity contribution in [2.75, 3.05) is 0 Å². The zero-order valence-electron chi connectivity index (χ0n) is 15.5. The van der Waals surface area contributed by atoms with Crippen LogP contribution < -0.4 is 4.74 Å². The number of aromatic nitrogens is 3. The van der Waals surface area contributed by atoms with Gasteiger partial charge in [-0.2, -0.15) is 0 Å². The fraction of sp³-hybridized carbons (Fsp3) is 0.273. The Morgan fingerprint density at radius 1 is 1.07 bits per heavy atom. The molecule has 3 heterocycles. The second-order valence-electron chi connectivity index (χ2n) is 6.98. The largest absolute Gasteiger partial charge is 0.474 e. The summed E-state index contributed by atoms with van der Waals surface area (Å²) in [6, 6.07) is 7.71. The van der Waals surface area contributed by atoms with Crippen LogP contribution in [0.25, 0.3) is 11.1 Å². The number of pyridine rings is 3. The molecule has 0 atom stereocenters. The van der Waals surface area contributed by atoms with Gasteiger partial charge in [0.05, 0.1) is 6.42 Å². The van der Waals surface area contributed by atoms with Gasteiger partial charge in [-0.05, 0) is 55.5 Å². The third-order valence-electron chi connectivity index (χ3n) is 4.71. The molecular weight excluding hydrogens is 338 g/mol. The molecule has 0 amide bonds. The Hall–Kier alpha value is -3.08. The highest BCUT2D eigenvalue weighted by Gasteiger charge is 2.24. The molecule has 1 saturated carbocycles. The van der Waals surface area contributed by atoms with E-state index >= 15 is 0 Å². The van der Waals surface area contributed by atoms with Crippen molar-refractivity contribution in [2.45, 2.75) is 39.2 Å². The molecule has 5 nitrogen and oxygen atoms in total. The van der Waals surface area contributed by atoms with E-state index in [0.29, 0.717) is 17.5 Å². The van der Waals surface area contributed by atoms with Crippen molar-refractivity contribution >= 4 is 5.78 Å². The smallest absolute Gasteiger partial charge is 0.214 e. The third kappa shape index (κ3) is 4.03. The number of hydrogen-bond donors (Lipinski definition) is 0. The van der Waals surface area contributed by atoms with Crippen LogP contribution in [0.4, 0.5) is 0 Å². The van der Waals surface area contributed by atoms with Crippen LogP contribution in [0.3, 0.4) is 0 Å². The monoisotopic (exact) mass is 359 g/mol. The van der Waals surface area contributed by atoms with Crippen LogP contribution in [0.2, 0.25) is 0 Å². The van der Waals surface area contributed by atoms with E-state index < -0.39 is 0 Å². The maximum Gasteiger partial charge on any atom is 0.214 e. The molecule has 0 spiro atoms. The van der Waals surface area contributed by atoms with E-state index in [9.17, 15) is 4.79 Å². The summed E-state index contributed by atoms with van der Waals surface area (Å²) in [6.07, 6.45) is 9.73. The lowest BCUT2D eigenvalue weighted by molar-refractivity contribution is 0.0991. The molecule has 0 radical (unpaired) electrons. The highest BCUT2D eigenvalue weighted by Crippen LogP contribution is 2.30. The van der Waals surface area contributed by atoms with Crippen LogP contribution in [0.5, 0.6) is 5.88 Å². The summed E-state index contributed by atoms with van der Waals surface area (Å²) in [7, 11) is 0. The van der Waals surface area contributed by atoms with Crippen molar-refractivity contribution in [3.05, 3.63) is 71.4 Å². The number of nitrogens with zero attached hydrogens (tertiary/aromatic N) is 3. The van der Waals surface area contributed by atoms with Crippen molar-refractivity contribution in [3.8, 4) is 17.0 Å². The van der Waals surface area contributed by atoms with Crippen LogP contribution in [-0.4, -0.2) is 26.8 Å². The Kier molecular flexibility index (Phi) is 4.67. The molecule has 4 rings (SSSR count). The van der Waals surface area contributed by atoms with E-state index in [1.165, 1.54) is 0 Å². The van der Waals surface area contributed by atoms with Gasteiger partial charge >= 0.3 is 0 Å². The second kappa shape index (κ2) is 7.27. The molecule has 0 N–H and O–H groups in total. The highest BCUT2D eigenvalue weighted by atomic mass is 16.5. The van der Waals surface area contributed by atoms with Crippen molar-refractivity contribution < 1.29 is 9.53 Å². The number of Topliss-reactive ketones (excluding diaryl/α,β-unsaturated/α-hetero) is 1. The molecule has 0 saturated heterocycles. The maximum absolute atomic E-state index is 12.5. The van der Waals surface area contributed by atoms with Gasteiger partial charge in [-0.1, -0.05) is 6.07 Å². The van der Waals surface area contributed by atoms with E-state index in [1.54, 1.807) is 12.4 Å². The van der Waals surface area contributed by atoms with Crippen molar-refractivity contribution in [2.24, 2.45) is 0 Å². The van der Waals surface area contributed by atoms with Gasteiger partial charge in [0, 0.05) is 47.7 Å². The number of aryl methyl sites for hydroxylation is 2. The zero-order valence-corrected chi connectivity index (χ0v) is 15.5. The summed E-state index contributed by atoms with van der Waals surface area (Å²) in [6.45, 7) is 3.94. The molecule has 0 aromatic carbocycles. The van der Waals surface area contributed by atoms with Gasteiger partial charge in [-0.15, -0.1) is 0 Å². The van der Waals surface area contributed by atoms with Gasteiger partial charge in [-0.25, -0.2) is 4.98 Å². The highest BCUT2D eigenvalue weighted by molar-refractivity contribution is 5.98. The summed E-state index contributed by atoms with van der Waals surface area (Å²) in [5.41, 5.74) is 5.43.